The fourth-order valence-electron chi connectivity index (χ4n) is 1.64. The van der Waals surface area contributed by atoms with Crippen LogP contribution in [0.1, 0.15) is 0 Å². The van der Waals surface area contributed by atoms with E-state index in [1.807, 2.05) is 0 Å². The molecule has 7 heteroatoms. The topological polar surface area (TPSA) is 43.1 Å². The van der Waals surface area contributed by atoms with Crippen molar-refractivity contribution in [1.82, 2.24) is 0 Å². The van der Waals surface area contributed by atoms with Gasteiger partial charge in [-0.1, -0.05) is 40.9 Å². The van der Waals surface area contributed by atoms with Crippen LogP contribution < -0.4 is 0 Å². The van der Waals surface area contributed by atoms with Crippen molar-refractivity contribution >= 4 is 40.5 Å². The second-order valence-corrected chi connectivity index (χ2v) is 4.84. The Hall–Kier alpha value is -1.36. The van der Waals surface area contributed by atoms with Gasteiger partial charge >= 0.3 is 5.69 Å². The van der Waals surface area contributed by atoms with E-state index >= 15 is 0 Å². The van der Waals surface area contributed by atoms with Gasteiger partial charge < -0.3 is 0 Å². The molecule has 0 bridgehead atoms. The first-order chi connectivity index (χ1) is 8.91. The zero-order valence-corrected chi connectivity index (χ0v) is 11.4. The number of hydrogen-bond donors (Lipinski definition) is 0. The van der Waals surface area contributed by atoms with Crippen LogP contribution in [-0.2, 0) is 0 Å². The van der Waals surface area contributed by atoms with E-state index in [4.69, 9.17) is 34.8 Å². The van der Waals surface area contributed by atoms with Gasteiger partial charge in [-0.2, -0.15) is 4.39 Å². The monoisotopic (exact) mass is 319 g/mol. The highest BCUT2D eigenvalue weighted by molar-refractivity contribution is 6.48. The minimum atomic E-state index is -0.926. The molecule has 2 aromatic carbocycles. The van der Waals surface area contributed by atoms with Crippen molar-refractivity contribution < 1.29 is 9.31 Å². The number of para-hydroxylation sites is 1. The fraction of sp³-hybridized carbons (Fsp3) is 0. The molecule has 98 valence electrons. The maximum absolute atomic E-state index is 13.5. The lowest BCUT2D eigenvalue weighted by Gasteiger charge is -2.07. The van der Waals surface area contributed by atoms with E-state index in [1.54, 1.807) is 0 Å². The number of hydrogen-bond acceptors (Lipinski definition) is 2. The SMILES string of the molecule is O=[N+]([O-])c1c(F)cccc1-c1cc(Cl)c(Cl)c(Cl)c1. The van der Waals surface area contributed by atoms with Crippen molar-refractivity contribution in [1.29, 1.82) is 0 Å². The van der Waals surface area contributed by atoms with Crippen molar-refractivity contribution in [3.63, 3.8) is 0 Å². The molecule has 0 aliphatic rings. The zero-order valence-electron chi connectivity index (χ0n) is 9.16. The summed E-state index contributed by atoms with van der Waals surface area (Å²) in [5, 5.41) is 11.4. The molecule has 0 heterocycles. The molecule has 0 aliphatic carbocycles. The van der Waals surface area contributed by atoms with Crippen LogP contribution in [-0.4, -0.2) is 4.92 Å². The molecule has 19 heavy (non-hydrogen) atoms. The zero-order chi connectivity index (χ0) is 14.2. The van der Waals surface area contributed by atoms with E-state index in [9.17, 15) is 14.5 Å². The Morgan fingerprint density at radius 3 is 2.21 bits per heavy atom. The summed E-state index contributed by atoms with van der Waals surface area (Å²) >= 11 is 17.5. The molecule has 0 atom stereocenters. The molecule has 0 fully saturated rings. The Kier molecular flexibility index (Phi) is 3.94. The first kappa shape index (κ1) is 14.1. The molecule has 0 saturated carbocycles. The van der Waals surface area contributed by atoms with Crippen molar-refractivity contribution in [3.8, 4) is 11.1 Å². The van der Waals surface area contributed by atoms with Crippen molar-refractivity contribution in [3.05, 3.63) is 61.3 Å². The second kappa shape index (κ2) is 5.33. The lowest BCUT2D eigenvalue weighted by molar-refractivity contribution is -0.386. The summed E-state index contributed by atoms with van der Waals surface area (Å²) in [7, 11) is 0. The van der Waals surface area contributed by atoms with Crippen LogP contribution >= 0.6 is 34.8 Å². The molecule has 0 saturated heterocycles. The predicted molar refractivity (Wildman–Crippen MR) is 73.5 cm³/mol. The largest absolute Gasteiger partial charge is 0.312 e. The molecular weight excluding hydrogens is 315 g/mol. The van der Waals surface area contributed by atoms with Gasteiger partial charge in [-0.3, -0.25) is 10.1 Å². The fourth-order valence-corrected chi connectivity index (χ4v) is 2.24. The van der Waals surface area contributed by atoms with E-state index in [2.05, 4.69) is 0 Å². The summed E-state index contributed by atoms with van der Waals surface area (Å²) in [6.07, 6.45) is 0. The standard InChI is InChI=1S/C12H5Cl3FNO2/c13-8-4-6(5-9(14)11(8)15)7-2-1-3-10(16)12(7)17(18)19/h1-5H. The maximum atomic E-state index is 13.5. The average Bonchev–Trinajstić information content (AvgIpc) is 2.34. The molecule has 0 N–H and O–H groups in total. The number of benzene rings is 2. The highest BCUT2D eigenvalue weighted by atomic mass is 35.5. The van der Waals surface area contributed by atoms with Crippen LogP contribution in [0.4, 0.5) is 10.1 Å². The van der Waals surface area contributed by atoms with Crippen molar-refractivity contribution in [2.75, 3.05) is 0 Å². The van der Waals surface area contributed by atoms with Crippen LogP contribution in [0.25, 0.3) is 11.1 Å². The summed E-state index contributed by atoms with van der Waals surface area (Å²) in [5.41, 5.74) is -0.215. The lowest BCUT2D eigenvalue weighted by atomic mass is 10.0. The second-order valence-electron chi connectivity index (χ2n) is 3.65. The Morgan fingerprint density at radius 2 is 1.68 bits per heavy atom. The highest BCUT2D eigenvalue weighted by Crippen LogP contribution is 2.38. The molecule has 2 rings (SSSR count). The van der Waals surface area contributed by atoms with Crippen LogP contribution in [0.5, 0.6) is 0 Å². The van der Waals surface area contributed by atoms with Gasteiger partial charge in [0.2, 0.25) is 5.82 Å². The van der Waals surface area contributed by atoms with Crippen molar-refractivity contribution in [2.24, 2.45) is 0 Å². The Bertz CT molecular complexity index is 653. The smallest absolute Gasteiger partial charge is 0.258 e. The molecule has 0 unspecified atom stereocenters. The maximum Gasteiger partial charge on any atom is 0.312 e. The van der Waals surface area contributed by atoms with E-state index in [-0.39, 0.29) is 20.6 Å². The van der Waals surface area contributed by atoms with Crippen LogP contribution in [0.15, 0.2) is 30.3 Å². The molecule has 0 aromatic heterocycles. The molecule has 0 radical (unpaired) electrons. The normalized spacial score (nSPS) is 10.5. The highest BCUT2D eigenvalue weighted by Gasteiger charge is 2.22. The molecule has 0 spiro atoms. The Morgan fingerprint density at radius 1 is 1.11 bits per heavy atom. The lowest BCUT2D eigenvalue weighted by Crippen LogP contribution is -1.95. The predicted octanol–water partition coefficient (Wildman–Crippen LogP) is 5.36. The summed E-state index contributed by atoms with van der Waals surface area (Å²) in [5.74, 6) is -0.926. The van der Waals surface area contributed by atoms with Gasteiger partial charge in [0, 0.05) is 0 Å². The third-order valence-electron chi connectivity index (χ3n) is 2.46. The summed E-state index contributed by atoms with van der Waals surface area (Å²) in [4.78, 5) is 10.1. The van der Waals surface area contributed by atoms with Gasteiger partial charge in [0.05, 0.1) is 25.6 Å². The van der Waals surface area contributed by atoms with Gasteiger partial charge in [-0.05, 0) is 29.8 Å². The van der Waals surface area contributed by atoms with Gasteiger partial charge in [0.1, 0.15) is 0 Å². The molecule has 0 aliphatic heterocycles. The quantitative estimate of drug-likeness (QED) is 0.424. The number of nitrogens with zero attached hydrogens (tertiary/aromatic N) is 1. The van der Waals surface area contributed by atoms with E-state index < -0.39 is 16.4 Å². The first-order valence-corrected chi connectivity index (χ1v) is 6.13. The molecule has 3 nitrogen and oxygen atoms in total. The number of rotatable bonds is 2. The van der Waals surface area contributed by atoms with Crippen LogP contribution in [0.3, 0.4) is 0 Å². The third-order valence-corrected chi connectivity index (χ3v) is 3.66. The van der Waals surface area contributed by atoms with E-state index in [0.29, 0.717) is 5.56 Å². The average molecular weight is 321 g/mol. The van der Waals surface area contributed by atoms with Crippen molar-refractivity contribution in [2.45, 2.75) is 0 Å². The summed E-state index contributed by atoms with van der Waals surface area (Å²) < 4.78 is 13.5. The van der Waals surface area contributed by atoms with Gasteiger partial charge in [0.25, 0.3) is 0 Å². The van der Waals surface area contributed by atoms with E-state index in [1.165, 1.54) is 24.3 Å². The molecule has 0 amide bonds. The number of nitro benzene ring substituents is 1. The van der Waals surface area contributed by atoms with Crippen LogP contribution in [0.2, 0.25) is 15.1 Å². The third kappa shape index (κ3) is 2.66. The molecule has 2 aromatic rings. The Balaban J connectivity index is 2.73. The number of halogens is 4. The Labute approximate surface area is 122 Å². The van der Waals surface area contributed by atoms with Gasteiger partial charge in [-0.25, -0.2) is 0 Å². The van der Waals surface area contributed by atoms with Crippen LogP contribution in [0, 0.1) is 15.9 Å². The number of nitro groups is 1. The first-order valence-electron chi connectivity index (χ1n) is 4.99. The van der Waals surface area contributed by atoms with Gasteiger partial charge in [-0.15, -0.1) is 0 Å². The van der Waals surface area contributed by atoms with Gasteiger partial charge in [0.15, 0.2) is 0 Å². The minimum absolute atomic E-state index is 0.0884. The molecular formula is C12H5Cl3FNO2. The minimum Gasteiger partial charge on any atom is -0.258 e. The summed E-state index contributed by atoms with van der Waals surface area (Å²) in [6, 6.07) is 6.60. The van der Waals surface area contributed by atoms with E-state index in [0.717, 1.165) is 6.07 Å². The summed E-state index contributed by atoms with van der Waals surface area (Å²) in [6.45, 7) is 0.